The summed E-state index contributed by atoms with van der Waals surface area (Å²) in [6.07, 6.45) is 6.18. The fourth-order valence-electron chi connectivity index (χ4n) is 2.53. The van der Waals surface area contributed by atoms with Crippen LogP contribution in [0.4, 0.5) is 4.39 Å². The third kappa shape index (κ3) is 2.83. The molecule has 1 aromatic carbocycles. The fourth-order valence-corrected chi connectivity index (χ4v) is 3.02. The first-order chi connectivity index (χ1) is 7.66. The van der Waals surface area contributed by atoms with Gasteiger partial charge < -0.3 is 5.73 Å². The third-order valence-corrected chi connectivity index (χ3v) is 3.89. The van der Waals surface area contributed by atoms with E-state index in [0.29, 0.717) is 5.92 Å². The molecular formula is C13H17BrFN. The monoisotopic (exact) mass is 285 g/mol. The van der Waals surface area contributed by atoms with Crippen molar-refractivity contribution in [2.45, 2.75) is 38.1 Å². The Bertz CT molecular complexity index is 341. The van der Waals surface area contributed by atoms with Gasteiger partial charge in [-0.15, -0.1) is 0 Å². The molecule has 0 aliphatic heterocycles. The maximum atomic E-state index is 13.3. The number of hydrogen-bond acceptors (Lipinski definition) is 1. The van der Waals surface area contributed by atoms with Crippen molar-refractivity contribution in [1.82, 2.24) is 0 Å². The van der Waals surface area contributed by atoms with Crippen LogP contribution in [0.1, 0.15) is 43.7 Å². The minimum absolute atomic E-state index is 0.0210. The highest BCUT2D eigenvalue weighted by Gasteiger charge is 2.22. The molecule has 0 spiro atoms. The zero-order valence-corrected chi connectivity index (χ0v) is 10.8. The normalized spacial score (nSPS) is 19.7. The molecule has 0 aromatic heterocycles. The van der Waals surface area contributed by atoms with E-state index in [9.17, 15) is 4.39 Å². The van der Waals surface area contributed by atoms with Gasteiger partial charge in [0.1, 0.15) is 5.82 Å². The van der Waals surface area contributed by atoms with Crippen molar-refractivity contribution >= 4 is 15.9 Å². The minimum Gasteiger partial charge on any atom is -0.324 e. The molecule has 1 atom stereocenters. The van der Waals surface area contributed by atoms with Gasteiger partial charge in [-0.3, -0.25) is 0 Å². The lowest BCUT2D eigenvalue weighted by atomic mass is 9.81. The van der Waals surface area contributed by atoms with Crippen LogP contribution in [0.2, 0.25) is 0 Å². The van der Waals surface area contributed by atoms with Crippen LogP contribution in [0.5, 0.6) is 0 Å². The van der Waals surface area contributed by atoms with Crippen LogP contribution in [0, 0.1) is 11.7 Å². The first-order valence-electron chi connectivity index (χ1n) is 5.88. The van der Waals surface area contributed by atoms with E-state index in [1.54, 1.807) is 6.07 Å². The van der Waals surface area contributed by atoms with E-state index in [4.69, 9.17) is 5.73 Å². The van der Waals surface area contributed by atoms with E-state index in [2.05, 4.69) is 15.9 Å². The summed E-state index contributed by atoms with van der Waals surface area (Å²) >= 11 is 3.31. The first-order valence-corrected chi connectivity index (χ1v) is 6.67. The van der Waals surface area contributed by atoms with Crippen molar-refractivity contribution in [2.24, 2.45) is 11.7 Å². The van der Waals surface area contributed by atoms with Crippen LogP contribution in [0.3, 0.4) is 0 Å². The molecule has 2 N–H and O–H groups in total. The molecule has 2 rings (SSSR count). The Balaban J connectivity index is 2.15. The SMILES string of the molecule is N[C@H](c1cc(F)cc(Br)c1)C1CCCCC1. The van der Waals surface area contributed by atoms with Gasteiger partial charge in [-0.1, -0.05) is 35.2 Å². The van der Waals surface area contributed by atoms with Gasteiger partial charge >= 0.3 is 0 Å². The molecule has 88 valence electrons. The van der Waals surface area contributed by atoms with Gasteiger partial charge in [0.05, 0.1) is 0 Å². The maximum Gasteiger partial charge on any atom is 0.124 e. The highest BCUT2D eigenvalue weighted by Crippen LogP contribution is 2.33. The van der Waals surface area contributed by atoms with E-state index < -0.39 is 0 Å². The fraction of sp³-hybridized carbons (Fsp3) is 0.538. The van der Waals surface area contributed by atoms with Gasteiger partial charge in [0.15, 0.2) is 0 Å². The summed E-state index contributed by atoms with van der Waals surface area (Å²) in [5.74, 6) is 0.304. The van der Waals surface area contributed by atoms with Crippen LogP contribution in [0.25, 0.3) is 0 Å². The van der Waals surface area contributed by atoms with Crippen LogP contribution in [-0.4, -0.2) is 0 Å². The number of nitrogens with two attached hydrogens (primary N) is 1. The molecule has 0 saturated heterocycles. The maximum absolute atomic E-state index is 13.3. The summed E-state index contributed by atoms with van der Waals surface area (Å²) in [6.45, 7) is 0. The second-order valence-electron chi connectivity index (χ2n) is 4.63. The van der Waals surface area contributed by atoms with E-state index in [1.165, 1.54) is 38.2 Å². The van der Waals surface area contributed by atoms with Gasteiger partial charge in [-0.25, -0.2) is 4.39 Å². The smallest absolute Gasteiger partial charge is 0.124 e. The molecule has 0 heterocycles. The lowest BCUT2D eigenvalue weighted by Gasteiger charge is -2.27. The molecule has 0 bridgehead atoms. The summed E-state index contributed by atoms with van der Waals surface area (Å²) in [6, 6.07) is 4.94. The summed E-state index contributed by atoms with van der Waals surface area (Å²) in [5, 5.41) is 0. The average Bonchev–Trinajstić information content (AvgIpc) is 2.28. The summed E-state index contributed by atoms with van der Waals surface area (Å²) in [4.78, 5) is 0. The van der Waals surface area contributed by atoms with Crippen molar-refractivity contribution in [3.8, 4) is 0 Å². The van der Waals surface area contributed by atoms with Gasteiger partial charge in [-0.2, -0.15) is 0 Å². The molecule has 1 aliphatic rings. The molecule has 1 fully saturated rings. The Morgan fingerprint density at radius 1 is 1.19 bits per heavy atom. The summed E-state index contributed by atoms with van der Waals surface area (Å²) in [7, 11) is 0. The van der Waals surface area contributed by atoms with E-state index in [0.717, 1.165) is 10.0 Å². The quantitative estimate of drug-likeness (QED) is 0.867. The second-order valence-corrected chi connectivity index (χ2v) is 5.54. The van der Waals surface area contributed by atoms with Crippen LogP contribution < -0.4 is 5.73 Å². The van der Waals surface area contributed by atoms with Crippen LogP contribution in [0.15, 0.2) is 22.7 Å². The standard InChI is InChI=1S/C13H17BrFN/c14-11-6-10(7-12(15)8-11)13(16)9-4-2-1-3-5-9/h6-9,13H,1-5,16H2/t13-/m0/s1. The number of hydrogen-bond donors (Lipinski definition) is 1. The molecule has 0 unspecified atom stereocenters. The highest BCUT2D eigenvalue weighted by atomic mass is 79.9. The summed E-state index contributed by atoms with van der Waals surface area (Å²) < 4.78 is 14.0. The zero-order chi connectivity index (χ0) is 11.5. The van der Waals surface area contributed by atoms with Crippen LogP contribution in [-0.2, 0) is 0 Å². The van der Waals surface area contributed by atoms with Crippen molar-refractivity contribution in [3.05, 3.63) is 34.1 Å². The minimum atomic E-state index is -0.212. The van der Waals surface area contributed by atoms with Crippen molar-refractivity contribution < 1.29 is 4.39 Å². The number of benzene rings is 1. The third-order valence-electron chi connectivity index (χ3n) is 3.43. The Hall–Kier alpha value is -0.410. The second kappa shape index (κ2) is 5.28. The molecular weight excluding hydrogens is 269 g/mol. The molecule has 0 amide bonds. The van der Waals surface area contributed by atoms with E-state index >= 15 is 0 Å². The Morgan fingerprint density at radius 2 is 1.88 bits per heavy atom. The Kier molecular flexibility index (Phi) is 3.98. The van der Waals surface area contributed by atoms with Crippen LogP contribution >= 0.6 is 15.9 Å². The average molecular weight is 286 g/mol. The van der Waals surface area contributed by atoms with Crippen molar-refractivity contribution in [2.75, 3.05) is 0 Å². The molecule has 1 aliphatic carbocycles. The molecule has 1 nitrogen and oxygen atoms in total. The molecule has 3 heteroatoms. The van der Waals surface area contributed by atoms with Gasteiger partial charge in [-0.05, 0) is 42.5 Å². The topological polar surface area (TPSA) is 26.0 Å². The predicted octanol–water partition coefficient (Wildman–Crippen LogP) is 4.17. The summed E-state index contributed by atoms with van der Waals surface area (Å²) in [5.41, 5.74) is 7.14. The van der Waals surface area contributed by atoms with Gasteiger partial charge in [0.2, 0.25) is 0 Å². The molecule has 1 aromatic rings. The largest absolute Gasteiger partial charge is 0.324 e. The zero-order valence-electron chi connectivity index (χ0n) is 9.26. The number of halogens is 2. The Morgan fingerprint density at radius 3 is 2.50 bits per heavy atom. The highest BCUT2D eigenvalue weighted by molar-refractivity contribution is 9.10. The Labute approximate surface area is 104 Å². The molecule has 1 saturated carbocycles. The number of rotatable bonds is 2. The first kappa shape index (κ1) is 12.1. The molecule has 16 heavy (non-hydrogen) atoms. The van der Waals surface area contributed by atoms with Gasteiger partial charge in [0, 0.05) is 10.5 Å². The lowest BCUT2D eigenvalue weighted by Crippen LogP contribution is -2.23. The van der Waals surface area contributed by atoms with Crippen molar-refractivity contribution in [1.29, 1.82) is 0 Å². The van der Waals surface area contributed by atoms with E-state index in [1.807, 2.05) is 6.07 Å². The molecule has 0 radical (unpaired) electrons. The lowest BCUT2D eigenvalue weighted by molar-refractivity contribution is 0.308. The van der Waals surface area contributed by atoms with Crippen molar-refractivity contribution in [3.63, 3.8) is 0 Å². The van der Waals surface area contributed by atoms with E-state index in [-0.39, 0.29) is 11.9 Å². The predicted molar refractivity (Wildman–Crippen MR) is 67.6 cm³/mol. The van der Waals surface area contributed by atoms with Gasteiger partial charge in [0.25, 0.3) is 0 Å².